The maximum atomic E-state index is 6.07. The predicted molar refractivity (Wildman–Crippen MR) is 383 cm³/mol. The van der Waals surface area contributed by atoms with E-state index < -0.39 is 16.1 Å². The number of nitrogens with zero attached hydrogens (tertiary/aromatic N) is 11. The van der Waals surface area contributed by atoms with Crippen LogP contribution in [-0.2, 0) is 55.3 Å². The molecule has 9 heterocycles. The number of thiophene rings is 3. The number of aromatic amines is 1. The van der Waals surface area contributed by atoms with E-state index in [-0.39, 0.29) is 39.3 Å². The van der Waals surface area contributed by atoms with Crippen LogP contribution in [0.5, 0.6) is 0 Å². The van der Waals surface area contributed by atoms with Gasteiger partial charge in [0.25, 0.3) is 0 Å². The normalized spacial score (nSPS) is 10.9. The van der Waals surface area contributed by atoms with E-state index in [9.17, 15) is 0 Å². The topological polar surface area (TPSA) is 160 Å². The Bertz CT molecular complexity index is 4060. The summed E-state index contributed by atoms with van der Waals surface area (Å²) in [5.74, 6) is 2.24. The minimum atomic E-state index is -1.10. The van der Waals surface area contributed by atoms with Gasteiger partial charge in [-0.2, -0.15) is 29.7 Å². The number of H-pyrrole nitrogens is 1. The molecule has 12 rings (SSSR count). The Hall–Kier alpha value is -5.88. The quantitative estimate of drug-likeness (QED) is 0.0439. The average Bonchev–Trinajstić information content (AvgIpc) is 1.75. The van der Waals surface area contributed by atoms with Gasteiger partial charge >= 0.3 is 19.5 Å². The Morgan fingerprint density at radius 1 is 0.522 bits per heavy atom. The molecule has 0 amide bonds. The van der Waals surface area contributed by atoms with E-state index in [1.54, 1.807) is 68.4 Å². The molecule has 0 saturated heterocycles. The van der Waals surface area contributed by atoms with Gasteiger partial charge in [-0.1, -0.05) is 118 Å². The Morgan fingerprint density at radius 3 is 1.30 bits per heavy atom. The molecule has 0 unspecified atom stereocenters. The third-order valence-electron chi connectivity index (χ3n) is 13.3. The summed E-state index contributed by atoms with van der Waals surface area (Å²) in [4.78, 5) is 32.4. The third kappa shape index (κ3) is 23.5. The Balaban J connectivity index is 0.000000205. The van der Waals surface area contributed by atoms with Crippen LogP contribution in [0.1, 0.15) is 35.2 Å². The fraction of sp³-hybridized carbons (Fsp3) is 0.224. The number of aromatic nitrogens is 12. The first kappa shape index (κ1) is 75.1. The van der Waals surface area contributed by atoms with Crippen molar-refractivity contribution in [3.8, 4) is 63.4 Å². The SMILES string of the molecule is C.C[Si](C)(C)CCOCn1cnc(-c2sc(-c3ccncc3)cc2Br)n1.C[Si](C)(C)CCOCn1cnc(-c2sc(-c3ccncc3)cc2Cc2ccc(Cl)cc2)n1.Clc1ccc(Cc2cc(-c3ccncc3)sc2-c2ncn[nH]2)cc1.[CH2-]c1ccc(Cl)cc1.[Cl-].[Zn+2]. The second-order valence-electron chi connectivity index (χ2n) is 22.9. The molecule has 25 heteroatoms. The molecule has 12 aromatic rings. The largest absolute Gasteiger partial charge is 2.00 e. The van der Waals surface area contributed by atoms with Gasteiger partial charge < -0.3 is 21.9 Å². The number of rotatable bonds is 20. The second-order valence-corrected chi connectivity index (χ2v) is 39.5. The zero-order valence-corrected chi connectivity index (χ0v) is 63.3. The zero-order chi connectivity index (χ0) is 62.8. The average molecular weight is 1520 g/mol. The number of ether oxygens (including phenoxy) is 2. The van der Waals surface area contributed by atoms with E-state index in [0.717, 1.165) is 111 Å². The molecule has 0 saturated carbocycles. The molecule has 0 radical (unpaired) electrons. The fourth-order valence-corrected chi connectivity index (χ4v) is 14.4. The van der Waals surface area contributed by atoms with Crippen LogP contribution in [0.3, 0.4) is 0 Å². The number of nitrogens with one attached hydrogen (secondary N) is 1. The summed E-state index contributed by atoms with van der Waals surface area (Å²) >= 11 is 26.3. The molecule has 0 atom stereocenters. The molecule has 1 N–H and O–H groups in total. The van der Waals surface area contributed by atoms with Crippen molar-refractivity contribution in [3.05, 3.63) is 238 Å². The molecule has 474 valence electrons. The van der Waals surface area contributed by atoms with Crippen molar-refractivity contribution in [2.24, 2.45) is 0 Å². The number of halogens is 5. The van der Waals surface area contributed by atoms with Crippen LogP contribution in [0.15, 0.2) is 188 Å². The van der Waals surface area contributed by atoms with Crippen molar-refractivity contribution in [1.82, 2.24) is 59.7 Å². The maximum Gasteiger partial charge on any atom is 2.00 e. The maximum absolute atomic E-state index is 6.07. The van der Waals surface area contributed by atoms with E-state index >= 15 is 0 Å². The van der Waals surface area contributed by atoms with E-state index in [1.807, 2.05) is 110 Å². The molecule has 3 aromatic carbocycles. The van der Waals surface area contributed by atoms with Gasteiger partial charge in [-0.25, -0.2) is 24.3 Å². The summed E-state index contributed by atoms with van der Waals surface area (Å²) in [6.45, 7) is 20.2. The van der Waals surface area contributed by atoms with Gasteiger partial charge in [-0.05, 0) is 159 Å². The second kappa shape index (κ2) is 36.7. The Kier molecular flexibility index (Phi) is 30.0. The van der Waals surface area contributed by atoms with Crippen molar-refractivity contribution in [2.75, 3.05) is 13.2 Å². The molecule has 0 aliphatic carbocycles. The summed E-state index contributed by atoms with van der Waals surface area (Å²) in [6, 6.07) is 44.2. The van der Waals surface area contributed by atoms with Crippen LogP contribution >= 0.6 is 84.7 Å². The van der Waals surface area contributed by atoms with E-state index in [2.05, 4.69) is 150 Å². The molecule has 14 nitrogen and oxygen atoms in total. The van der Waals surface area contributed by atoms with Crippen LogP contribution in [0, 0.1) is 6.92 Å². The zero-order valence-electron chi connectivity index (χ0n) is 51.2. The first-order valence-corrected chi connectivity index (χ1v) is 40.3. The van der Waals surface area contributed by atoms with Gasteiger partial charge in [0.15, 0.2) is 17.5 Å². The fourth-order valence-electron chi connectivity index (χ4n) is 8.44. The summed E-state index contributed by atoms with van der Waals surface area (Å²) in [7, 11) is -2.16. The van der Waals surface area contributed by atoms with E-state index in [4.69, 9.17) is 49.4 Å². The van der Waals surface area contributed by atoms with Gasteiger partial charge in [0.05, 0.1) is 14.6 Å². The predicted octanol–water partition coefficient (Wildman–Crippen LogP) is 16.8. The first-order chi connectivity index (χ1) is 42.9. The van der Waals surface area contributed by atoms with Crippen LogP contribution in [-0.4, -0.2) is 89.0 Å². The monoisotopic (exact) mass is 1510 g/mol. The van der Waals surface area contributed by atoms with E-state index in [0.29, 0.717) is 19.3 Å². The number of pyridine rings is 3. The van der Waals surface area contributed by atoms with Crippen LogP contribution in [0.25, 0.3) is 63.4 Å². The van der Waals surface area contributed by atoms with Crippen molar-refractivity contribution in [1.29, 1.82) is 0 Å². The van der Waals surface area contributed by atoms with Crippen LogP contribution < -0.4 is 12.4 Å². The van der Waals surface area contributed by atoms with Gasteiger partial charge in [-0.3, -0.25) is 20.1 Å². The van der Waals surface area contributed by atoms with Crippen molar-refractivity contribution < 1.29 is 41.4 Å². The van der Waals surface area contributed by atoms with Crippen LogP contribution in [0.2, 0.25) is 66.4 Å². The first-order valence-electron chi connectivity index (χ1n) is 28.5. The number of benzene rings is 3. The molecular formula is C67H71BrCl4N12O2S3Si2Zn. The molecule has 0 aliphatic heterocycles. The molecule has 0 bridgehead atoms. The van der Waals surface area contributed by atoms with Gasteiger partial charge in [0.2, 0.25) is 0 Å². The molecule has 9 aromatic heterocycles. The Morgan fingerprint density at radius 2 is 0.902 bits per heavy atom. The van der Waals surface area contributed by atoms with Crippen molar-refractivity contribution in [2.45, 2.75) is 85.1 Å². The smallest absolute Gasteiger partial charge is 1.00 e. The van der Waals surface area contributed by atoms with Crippen LogP contribution in [0.4, 0.5) is 0 Å². The van der Waals surface area contributed by atoms with E-state index in [1.165, 1.54) is 38.3 Å². The standard InChI is InChI=1S/C24H27ClN4OSSi.C18H13ClN4S.C17H21BrN4OSSi.C7H6Cl.CH4.ClH.Zn/c1-32(2,3)13-12-30-17-29-16-27-24(28-29)23-20(14-18-4-6-21(25)7-5-18)15-22(31-23)19-8-10-26-11-9-19;19-15-3-1-12(2-4-15)9-14-10-16(13-5-7-20-8-6-13)24-17(14)18-21-11-22-23-18;1-25(2,3)9-8-23-12-22-11-20-17(21-22)16-14(18)10-15(24-16)13-4-6-19-7-5-13;1-6-2-4-7(8)5-3-6;;;/h4-11,15-16H,12-14,17H2,1-3H3;1-8,10-11H,9H2,(H,21,22,23);4-7,10-11H,8-9,12H2,1-3H3;2-5H,1H2;1H4;1H;/q;;;-1;;;+2/p-1. The van der Waals surface area contributed by atoms with Gasteiger partial charge in [-0.15, -0.1) is 44.2 Å². The number of hydrogen-bond donors (Lipinski definition) is 1. The summed E-state index contributed by atoms with van der Waals surface area (Å²) in [6.07, 6.45) is 17.5. The molecule has 0 spiro atoms. The molecule has 92 heavy (non-hydrogen) atoms. The molecule has 0 aliphatic rings. The minimum Gasteiger partial charge on any atom is -1.00 e. The number of hydrogen-bond acceptors (Lipinski definition) is 14. The molecular weight excluding hydrogens is 1440 g/mol. The minimum absolute atomic E-state index is 0. The van der Waals surface area contributed by atoms with Crippen molar-refractivity contribution >= 4 is 101 Å². The van der Waals surface area contributed by atoms with Gasteiger partial charge in [0, 0.05) is 101 Å². The van der Waals surface area contributed by atoms with Crippen molar-refractivity contribution in [3.63, 3.8) is 0 Å². The summed E-state index contributed by atoms with van der Waals surface area (Å²) in [5.41, 5.74) is 9.24. The van der Waals surface area contributed by atoms with Gasteiger partial charge in [0.1, 0.15) is 32.4 Å². The third-order valence-corrected chi connectivity index (χ3v) is 22.0. The molecule has 0 fully saturated rings. The Labute approximate surface area is 596 Å². The summed E-state index contributed by atoms with van der Waals surface area (Å²) < 4.78 is 16.1. The summed E-state index contributed by atoms with van der Waals surface area (Å²) in [5, 5.41) is 18.5.